The van der Waals surface area contributed by atoms with Gasteiger partial charge in [-0.3, -0.25) is 4.79 Å². The van der Waals surface area contributed by atoms with Crippen molar-refractivity contribution in [1.82, 2.24) is 25.3 Å². The van der Waals surface area contributed by atoms with Crippen LogP contribution < -0.4 is 5.32 Å². The first-order chi connectivity index (χ1) is 10.6. The molecule has 0 saturated carbocycles. The second-order valence-corrected chi connectivity index (χ2v) is 6.43. The van der Waals surface area contributed by atoms with Crippen molar-refractivity contribution >= 4 is 27.5 Å². The van der Waals surface area contributed by atoms with E-state index in [0.717, 1.165) is 10.2 Å². The van der Waals surface area contributed by atoms with E-state index in [2.05, 4.69) is 34.3 Å². The number of amides is 1. The highest BCUT2D eigenvalue weighted by molar-refractivity contribution is 7.20. The molecule has 0 saturated heterocycles. The Morgan fingerprint density at radius 2 is 2.00 bits per heavy atom. The van der Waals surface area contributed by atoms with Crippen LogP contribution in [0.5, 0.6) is 0 Å². The molecule has 3 rings (SSSR count). The predicted molar refractivity (Wildman–Crippen MR) is 85.7 cm³/mol. The smallest absolute Gasteiger partial charge is 0.280 e. The van der Waals surface area contributed by atoms with Gasteiger partial charge in [-0.15, -0.1) is 11.3 Å². The van der Waals surface area contributed by atoms with Gasteiger partial charge in [-0.2, -0.15) is 15.0 Å². The maximum atomic E-state index is 12.4. The lowest BCUT2D eigenvalue weighted by Gasteiger charge is -2.21. The zero-order chi connectivity index (χ0) is 15.5. The average molecular weight is 315 g/mol. The Labute approximate surface area is 132 Å². The van der Waals surface area contributed by atoms with E-state index in [1.54, 1.807) is 17.2 Å². The van der Waals surface area contributed by atoms with Gasteiger partial charge in [0.05, 0.1) is 35.2 Å². The number of hydrogen-bond acceptors (Lipinski definition) is 5. The van der Waals surface area contributed by atoms with Crippen LogP contribution in [0.3, 0.4) is 0 Å². The summed E-state index contributed by atoms with van der Waals surface area (Å²) < 4.78 is 1.02. The van der Waals surface area contributed by atoms with Crippen molar-refractivity contribution in [3.8, 4) is 0 Å². The number of carbonyl (C=O) groups excluding carboxylic acids is 1. The average Bonchev–Trinajstić information content (AvgIpc) is 3.15. The molecule has 1 N–H and O–H groups in total. The summed E-state index contributed by atoms with van der Waals surface area (Å²) in [5.41, 5.74) is 0.854. The van der Waals surface area contributed by atoms with E-state index in [1.807, 2.05) is 24.3 Å². The molecule has 6 nitrogen and oxygen atoms in total. The van der Waals surface area contributed by atoms with Crippen LogP contribution in [0.2, 0.25) is 0 Å². The lowest BCUT2D eigenvalue weighted by Crippen LogP contribution is -2.42. The fourth-order valence-corrected chi connectivity index (χ4v) is 3.00. The monoisotopic (exact) mass is 315 g/mol. The highest BCUT2D eigenvalue weighted by Gasteiger charge is 2.20. The molecule has 1 aromatic carbocycles. The third kappa shape index (κ3) is 3.14. The van der Waals surface area contributed by atoms with E-state index >= 15 is 0 Å². The van der Waals surface area contributed by atoms with Crippen molar-refractivity contribution in [1.29, 1.82) is 0 Å². The van der Waals surface area contributed by atoms with Crippen molar-refractivity contribution in [3.05, 3.63) is 41.7 Å². The van der Waals surface area contributed by atoms with Crippen LogP contribution in [0.25, 0.3) is 10.2 Å². The van der Waals surface area contributed by atoms with Gasteiger partial charge >= 0.3 is 0 Å². The first-order valence-electron chi connectivity index (χ1n) is 7.14. The number of rotatable bonds is 5. The van der Waals surface area contributed by atoms with Crippen LogP contribution in [0.1, 0.15) is 23.6 Å². The van der Waals surface area contributed by atoms with Gasteiger partial charge in [-0.05, 0) is 18.1 Å². The van der Waals surface area contributed by atoms with E-state index < -0.39 is 0 Å². The molecule has 0 radical (unpaired) electrons. The number of para-hydroxylation sites is 1. The standard InChI is InChI=1S/C15H17N5OS/c1-10(2)12(9-20-16-7-8-17-20)18-14(21)15-19-11-5-3-4-6-13(11)22-15/h3-8,10,12H,9H2,1-2H3,(H,18,21)/t12-/m1/s1. The van der Waals surface area contributed by atoms with Gasteiger partial charge in [-0.25, -0.2) is 4.98 Å². The maximum Gasteiger partial charge on any atom is 0.280 e. The van der Waals surface area contributed by atoms with Crippen LogP contribution in [0, 0.1) is 5.92 Å². The Bertz CT molecular complexity index is 732. The van der Waals surface area contributed by atoms with E-state index in [1.165, 1.54) is 11.3 Å². The third-order valence-corrected chi connectivity index (χ3v) is 4.47. The Morgan fingerprint density at radius 1 is 1.27 bits per heavy atom. The number of benzene rings is 1. The lowest BCUT2D eigenvalue weighted by molar-refractivity contribution is 0.0917. The Balaban J connectivity index is 1.75. The topological polar surface area (TPSA) is 72.7 Å². The summed E-state index contributed by atoms with van der Waals surface area (Å²) in [6.07, 6.45) is 3.26. The van der Waals surface area contributed by atoms with Gasteiger partial charge in [0.25, 0.3) is 5.91 Å². The number of aromatic nitrogens is 4. The minimum absolute atomic E-state index is 0.0492. The first-order valence-corrected chi connectivity index (χ1v) is 7.95. The molecule has 0 fully saturated rings. The minimum Gasteiger partial charge on any atom is -0.345 e. The molecule has 0 unspecified atom stereocenters. The highest BCUT2D eigenvalue weighted by atomic mass is 32.1. The third-order valence-electron chi connectivity index (χ3n) is 3.44. The van der Waals surface area contributed by atoms with Gasteiger partial charge in [0.1, 0.15) is 0 Å². The zero-order valence-electron chi connectivity index (χ0n) is 12.4. The van der Waals surface area contributed by atoms with Crippen LogP contribution in [0.15, 0.2) is 36.7 Å². The van der Waals surface area contributed by atoms with E-state index in [4.69, 9.17) is 0 Å². The molecule has 2 aromatic heterocycles. The normalized spacial score (nSPS) is 12.7. The Kier molecular flexibility index (Phi) is 4.15. The fraction of sp³-hybridized carbons (Fsp3) is 0.333. The van der Waals surface area contributed by atoms with Gasteiger partial charge in [0.15, 0.2) is 5.01 Å². The molecule has 0 aliphatic carbocycles. The van der Waals surface area contributed by atoms with Crippen LogP contribution >= 0.6 is 11.3 Å². The van der Waals surface area contributed by atoms with Gasteiger partial charge in [-0.1, -0.05) is 26.0 Å². The molecule has 0 aliphatic heterocycles. The molecule has 3 aromatic rings. The largest absolute Gasteiger partial charge is 0.345 e. The lowest BCUT2D eigenvalue weighted by atomic mass is 10.0. The molecule has 114 valence electrons. The summed E-state index contributed by atoms with van der Waals surface area (Å²) >= 11 is 1.41. The van der Waals surface area contributed by atoms with Gasteiger partial charge in [0, 0.05) is 0 Å². The van der Waals surface area contributed by atoms with Crippen molar-refractivity contribution in [2.75, 3.05) is 0 Å². The molecule has 0 aliphatic rings. The van der Waals surface area contributed by atoms with Crippen molar-refractivity contribution in [2.24, 2.45) is 5.92 Å². The fourth-order valence-electron chi connectivity index (χ4n) is 2.14. The number of carbonyl (C=O) groups is 1. The second kappa shape index (κ2) is 6.23. The molecule has 2 heterocycles. The van der Waals surface area contributed by atoms with Crippen LogP contribution in [-0.4, -0.2) is 31.9 Å². The molecule has 1 amide bonds. The summed E-state index contributed by atoms with van der Waals surface area (Å²) in [6, 6.07) is 7.70. The SMILES string of the molecule is CC(C)[C@@H](Cn1nccn1)NC(=O)c1nc2ccccc2s1. The van der Waals surface area contributed by atoms with Gasteiger partial charge in [0.2, 0.25) is 0 Å². The summed E-state index contributed by atoms with van der Waals surface area (Å²) in [5, 5.41) is 11.7. The van der Waals surface area contributed by atoms with Crippen molar-refractivity contribution in [2.45, 2.75) is 26.4 Å². The molecular formula is C15H17N5OS. The summed E-state index contributed by atoms with van der Waals surface area (Å²) in [6.45, 7) is 4.67. The van der Waals surface area contributed by atoms with E-state index in [0.29, 0.717) is 11.6 Å². The number of fused-ring (bicyclic) bond motifs is 1. The predicted octanol–water partition coefficient (Wildman–Crippen LogP) is 2.34. The van der Waals surface area contributed by atoms with Crippen molar-refractivity contribution < 1.29 is 4.79 Å². The molecule has 7 heteroatoms. The first kappa shape index (κ1) is 14.6. The van der Waals surface area contributed by atoms with Crippen molar-refractivity contribution in [3.63, 3.8) is 0 Å². The summed E-state index contributed by atoms with van der Waals surface area (Å²) in [7, 11) is 0. The number of thiazole rings is 1. The second-order valence-electron chi connectivity index (χ2n) is 5.39. The summed E-state index contributed by atoms with van der Waals surface area (Å²) in [5.74, 6) is 0.122. The Hall–Kier alpha value is -2.28. The van der Waals surface area contributed by atoms with Crippen LogP contribution in [0.4, 0.5) is 0 Å². The minimum atomic E-state index is -0.146. The molecule has 1 atom stereocenters. The maximum absolute atomic E-state index is 12.4. The summed E-state index contributed by atoms with van der Waals surface area (Å²) in [4.78, 5) is 18.4. The van der Waals surface area contributed by atoms with E-state index in [9.17, 15) is 4.79 Å². The highest BCUT2D eigenvalue weighted by Crippen LogP contribution is 2.21. The molecule has 0 spiro atoms. The number of nitrogens with one attached hydrogen (secondary N) is 1. The molecule has 0 bridgehead atoms. The Morgan fingerprint density at radius 3 is 2.68 bits per heavy atom. The number of nitrogens with zero attached hydrogens (tertiary/aromatic N) is 4. The molecular weight excluding hydrogens is 298 g/mol. The molecule has 22 heavy (non-hydrogen) atoms. The quantitative estimate of drug-likeness (QED) is 0.784. The van der Waals surface area contributed by atoms with Crippen LogP contribution in [-0.2, 0) is 6.54 Å². The van der Waals surface area contributed by atoms with E-state index in [-0.39, 0.29) is 17.9 Å². The zero-order valence-corrected chi connectivity index (χ0v) is 13.2. The number of hydrogen-bond donors (Lipinski definition) is 1. The van der Waals surface area contributed by atoms with Gasteiger partial charge < -0.3 is 5.32 Å².